The molecule has 0 aromatic heterocycles. The van der Waals surface area contributed by atoms with E-state index < -0.39 is 48.6 Å². The molecule has 0 radical (unpaired) electrons. The molecule has 1 rings (SSSR count). The second-order valence-electron chi connectivity index (χ2n) is 7.20. The molecule has 1 fully saturated rings. The van der Waals surface area contributed by atoms with Gasteiger partial charge in [0.05, 0.1) is 43.4 Å². The van der Waals surface area contributed by atoms with Crippen LogP contribution in [0.25, 0.3) is 0 Å². The van der Waals surface area contributed by atoms with Gasteiger partial charge in [-0.2, -0.15) is 0 Å². The van der Waals surface area contributed by atoms with Crippen LogP contribution < -0.4 is 0 Å². The van der Waals surface area contributed by atoms with Crippen LogP contribution in [-0.4, -0.2) is 69.1 Å². The third-order valence-electron chi connectivity index (χ3n) is 5.25. The minimum atomic E-state index is -1.35. The van der Waals surface area contributed by atoms with Gasteiger partial charge in [0.2, 0.25) is 0 Å². The van der Waals surface area contributed by atoms with E-state index in [0.29, 0.717) is 0 Å². The van der Waals surface area contributed by atoms with Crippen LogP contribution in [0.3, 0.4) is 0 Å². The van der Waals surface area contributed by atoms with Crippen LogP contribution >= 0.6 is 0 Å². The number of rotatable bonds is 12. The number of Topliss-reactive ketones (excluding diaryl/α,β-unsaturated/α-hetero) is 2. The standard InChI is InChI=1S/C19H32O7/c1-5-7-11(3)18-19(4,26-18)17(25)14(10-21)16(24)13(9-20)15(23)8-12(22)6-2/h5,7,11,13-15,17-18,20-21,23,25H,6,8-10H2,1-4H3/b7-5-/t11-,13?,14-,15?,17-,18+,19-/m0/s1. The van der Waals surface area contributed by atoms with Crippen LogP contribution in [0, 0.1) is 17.8 Å². The first kappa shape index (κ1) is 22.9. The Balaban J connectivity index is 2.88. The molecule has 1 heterocycles. The molecule has 7 heteroatoms. The van der Waals surface area contributed by atoms with Crippen molar-refractivity contribution in [3.63, 3.8) is 0 Å². The number of carbonyl (C=O) groups excluding carboxylic acids is 2. The predicted molar refractivity (Wildman–Crippen MR) is 95.3 cm³/mol. The normalized spacial score (nSPS) is 28.4. The number of hydrogen-bond donors (Lipinski definition) is 4. The average Bonchev–Trinajstić information content (AvgIpc) is 3.29. The Morgan fingerprint density at radius 2 is 1.77 bits per heavy atom. The zero-order chi connectivity index (χ0) is 20.1. The number of epoxide rings is 1. The highest BCUT2D eigenvalue weighted by Gasteiger charge is 2.61. The van der Waals surface area contributed by atoms with Crippen molar-refractivity contribution in [1.29, 1.82) is 0 Å². The summed E-state index contributed by atoms with van der Waals surface area (Å²) in [5, 5.41) is 40.0. The highest BCUT2D eigenvalue weighted by atomic mass is 16.6. The monoisotopic (exact) mass is 372 g/mol. The van der Waals surface area contributed by atoms with Gasteiger partial charge in [-0.1, -0.05) is 26.0 Å². The number of aliphatic hydroxyl groups excluding tert-OH is 4. The lowest BCUT2D eigenvalue weighted by Crippen LogP contribution is -2.47. The highest BCUT2D eigenvalue weighted by molar-refractivity contribution is 5.86. The SMILES string of the molecule is C/C=C\[C@H](C)[C@H]1O[C@@]1(C)[C@@H](O)[C@@H](CO)C(=O)C(CO)C(O)CC(=O)CC. The molecule has 26 heavy (non-hydrogen) atoms. The Morgan fingerprint density at radius 3 is 2.23 bits per heavy atom. The van der Waals surface area contributed by atoms with Gasteiger partial charge in [0.25, 0.3) is 0 Å². The molecule has 0 aliphatic carbocycles. The molecule has 4 N–H and O–H groups in total. The fourth-order valence-corrected chi connectivity index (χ4v) is 3.45. The molecule has 1 aliphatic heterocycles. The summed E-state index contributed by atoms with van der Waals surface area (Å²) < 4.78 is 5.63. The van der Waals surface area contributed by atoms with Crippen LogP contribution in [-0.2, 0) is 14.3 Å². The average molecular weight is 372 g/mol. The summed E-state index contributed by atoms with van der Waals surface area (Å²) in [5.74, 6) is -3.34. The molecule has 1 saturated heterocycles. The van der Waals surface area contributed by atoms with Gasteiger partial charge in [-0.25, -0.2) is 0 Å². The summed E-state index contributed by atoms with van der Waals surface area (Å²) in [6, 6.07) is 0. The number of allylic oxidation sites excluding steroid dienone is 1. The fraction of sp³-hybridized carbons (Fsp3) is 0.789. The van der Waals surface area contributed by atoms with Crippen molar-refractivity contribution >= 4 is 11.6 Å². The molecular formula is C19H32O7. The summed E-state index contributed by atoms with van der Waals surface area (Å²) in [6.07, 6.45) is 0.816. The van der Waals surface area contributed by atoms with Gasteiger partial charge in [-0.3, -0.25) is 9.59 Å². The maximum Gasteiger partial charge on any atom is 0.148 e. The summed E-state index contributed by atoms with van der Waals surface area (Å²) in [5.41, 5.74) is -0.994. The van der Waals surface area contributed by atoms with Crippen molar-refractivity contribution in [2.45, 2.75) is 64.4 Å². The maximum absolute atomic E-state index is 12.7. The number of ether oxygens (including phenoxy) is 1. The second kappa shape index (κ2) is 9.71. The first-order valence-electron chi connectivity index (χ1n) is 9.11. The van der Waals surface area contributed by atoms with E-state index in [0.717, 1.165) is 0 Å². The Hall–Kier alpha value is -1.12. The van der Waals surface area contributed by atoms with Crippen molar-refractivity contribution in [3.05, 3.63) is 12.2 Å². The Kier molecular flexibility index (Phi) is 8.56. The summed E-state index contributed by atoms with van der Waals surface area (Å²) in [6.45, 7) is 5.79. The minimum Gasteiger partial charge on any atom is -0.396 e. The first-order chi connectivity index (χ1) is 12.2. The lowest BCUT2D eigenvalue weighted by Gasteiger charge is -2.28. The van der Waals surface area contributed by atoms with E-state index in [9.17, 15) is 30.0 Å². The smallest absolute Gasteiger partial charge is 0.148 e. The van der Waals surface area contributed by atoms with Gasteiger partial charge >= 0.3 is 0 Å². The van der Waals surface area contributed by atoms with Crippen molar-refractivity contribution in [2.75, 3.05) is 13.2 Å². The Labute approximate surface area is 154 Å². The van der Waals surface area contributed by atoms with E-state index in [1.54, 1.807) is 13.8 Å². The quantitative estimate of drug-likeness (QED) is 0.285. The molecular weight excluding hydrogens is 340 g/mol. The summed E-state index contributed by atoms with van der Waals surface area (Å²) >= 11 is 0. The van der Waals surface area contributed by atoms with Crippen LogP contribution in [0.2, 0.25) is 0 Å². The second-order valence-corrected chi connectivity index (χ2v) is 7.20. The van der Waals surface area contributed by atoms with E-state index in [1.807, 2.05) is 26.0 Å². The topological polar surface area (TPSA) is 128 Å². The Morgan fingerprint density at radius 1 is 1.19 bits per heavy atom. The van der Waals surface area contributed by atoms with Crippen LogP contribution in [0.4, 0.5) is 0 Å². The molecule has 1 aliphatic rings. The number of aliphatic hydroxyl groups is 4. The maximum atomic E-state index is 12.7. The number of carbonyl (C=O) groups is 2. The van der Waals surface area contributed by atoms with E-state index in [-0.39, 0.29) is 30.6 Å². The molecule has 7 nitrogen and oxygen atoms in total. The van der Waals surface area contributed by atoms with Crippen LogP contribution in [0.5, 0.6) is 0 Å². The lowest BCUT2D eigenvalue weighted by molar-refractivity contribution is -0.140. The molecule has 0 amide bonds. The van der Waals surface area contributed by atoms with E-state index >= 15 is 0 Å². The van der Waals surface area contributed by atoms with Crippen molar-refractivity contribution in [2.24, 2.45) is 17.8 Å². The van der Waals surface area contributed by atoms with Gasteiger partial charge < -0.3 is 25.2 Å². The van der Waals surface area contributed by atoms with Crippen molar-refractivity contribution in [3.8, 4) is 0 Å². The number of hydrogen-bond acceptors (Lipinski definition) is 7. The third kappa shape index (κ3) is 4.98. The molecule has 0 aromatic carbocycles. The molecule has 0 spiro atoms. The molecule has 0 aromatic rings. The highest BCUT2D eigenvalue weighted by Crippen LogP contribution is 2.46. The fourth-order valence-electron chi connectivity index (χ4n) is 3.45. The zero-order valence-electron chi connectivity index (χ0n) is 16.0. The molecule has 2 unspecified atom stereocenters. The zero-order valence-corrected chi connectivity index (χ0v) is 16.0. The predicted octanol–water partition coefficient (Wildman–Crippen LogP) is 0.233. The van der Waals surface area contributed by atoms with E-state index in [1.165, 1.54) is 0 Å². The Bertz CT molecular complexity index is 518. The number of ketones is 2. The van der Waals surface area contributed by atoms with E-state index in [2.05, 4.69) is 0 Å². The van der Waals surface area contributed by atoms with E-state index in [4.69, 9.17) is 4.74 Å². The molecule has 0 saturated carbocycles. The first-order valence-corrected chi connectivity index (χ1v) is 9.11. The van der Waals surface area contributed by atoms with Gasteiger partial charge in [0.1, 0.15) is 17.2 Å². The summed E-state index contributed by atoms with van der Waals surface area (Å²) in [7, 11) is 0. The van der Waals surface area contributed by atoms with Crippen molar-refractivity contribution < 1.29 is 34.8 Å². The van der Waals surface area contributed by atoms with Crippen LogP contribution in [0.1, 0.15) is 40.5 Å². The van der Waals surface area contributed by atoms with Crippen molar-refractivity contribution in [1.82, 2.24) is 0 Å². The van der Waals surface area contributed by atoms with Gasteiger partial charge in [-0.05, 0) is 13.8 Å². The van der Waals surface area contributed by atoms with Gasteiger partial charge in [0, 0.05) is 18.8 Å². The van der Waals surface area contributed by atoms with Crippen LogP contribution in [0.15, 0.2) is 12.2 Å². The third-order valence-corrected chi connectivity index (χ3v) is 5.25. The van der Waals surface area contributed by atoms with Gasteiger partial charge in [-0.15, -0.1) is 0 Å². The lowest BCUT2D eigenvalue weighted by atomic mass is 9.79. The largest absolute Gasteiger partial charge is 0.396 e. The molecule has 7 atom stereocenters. The minimum absolute atomic E-state index is 0.0236. The van der Waals surface area contributed by atoms with Gasteiger partial charge in [0.15, 0.2) is 0 Å². The molecule has 150 valence electrons. The molecule has 0 bridgehead atoms. The summed E-state index contributed by atoms with van der Waals surface area (Å²) in [4.78, 5) is 24.2.